The number of rotatable bonds is 4. The Bertz CT molecular complexity index is 429. The van der Waals surface area contributed by atoms with E-state index in [9.17, 15) is 10.1 Å². The second-order valence-corrected chi connectivity index (χ2v) is 3.64. The number of benzene rings is 1. The summed E-state index contributed by atoms with van der Waals surface area (Å²) in [6.07, 6.45) is 0. The van der Waals surface area contributed by atoms with Crippen LogP contribution in [0, 0.1) is 15.5 Å². The van der Waals surface area contributed by atoms with Gasteiger partial charge in [-0.1, -0.05) is 19.9 Å². The zero-order chi connectivity index (χ0) is 12.3. The summed E-state index contributed by atoms with van der Waals surface area (Å²) in [5.74, 6) is -0.0361. The predicted molar refractivity (Wildman–Crippen MR) is 59.2 cm³/mol. The van der Waals surface area contributed by atoms with Crippen LogP contribution < -0.4 is 10.6 Å². The van der Waals surface area contributed by atoms with E-state index in [1.807, 2.05) is 13.8 Å². The van der Waals surface area contributed by atoms with Crippen molar-refractivity contribution in [2.24, 2.45) is 5.73 Å². The van der Waals surface area contributed by atoms with Crippen LogP contribution in [-0.2, 0) is 0 Å². The van der Waals surface area contributed by atoms with Gasteiger partial charge in [-0.3, -0.25) is 10.2 Å². The van der Waals surface area contributed by atoms with Gasteiger partial charge in [0, 0.05) is 5.56 Å². The van der Waals surface area contributed by atoms with E-state index in [0.717, 1.165) is 5.56 Å². The quantitative estimate of drug-likeness (QED) is 0.350. The number of hydrogen-bond donors (Lipinski definition) is 2. The molecule has 1 aromatic carbocycles. The van der Waals surface area contributed by atoms with Crippen LogP contribution in [0.1, 0.15) is 30.9 Å². The van der Waals surface area contributed by atoms with Gasteiger partial charge in [0.05, 0.1) is 0 Å². The number of nitrogens with one attached hydrogen (secondary N) is 1. The van der Waals surface area contributed by atoms with Crippen LogP contribution in [0.4, 0.5) is 0 Å². The van der Waals surface area contributed by atoms with E-state index in [1.54, 1.807) is 12.1 Å². The summed E-state index contributed by atoms with van der Waals surface area (Å²) in [4.78, 5) is 14.7. The van der Waals surface area contributed by atoms with Crippen LogP contribution >= 0.6 is 0 Å². The fraction of sp³-hybridized carbons (Fsp3) is 0.300. The van der Waals surface area contributed by atoms with Crippen molar-refractivity contribution in [1.29, 1.82) is 5.41 Å². The van der Waals surface area contributed by atoms with Crippen molar-refractivity contribution in [3.05, 3.63) is 39.4 Å². The van der Waals surface area contributed by atoms with Gasteiger partial charge in [0.25, 0.3) is 5.09 Å². The first kappa shape index (κ1) is 12.0. The Balaban J connectivity index is 3.20. The van der Waals surface area contributed by atoms with E-state index in [-0.39, 0.29) is 23.1 Å². The molecule has 1 rings (SSSR count). The molecule has 0 aliphatic rings. The second kappa shape index (κ2) is 4.61. The summed E-state index contributed by atoms with van der Waals surface area (Å²) < 4.78 is 0. The Kier molecular flexibility index (Phi) is 3.44. The minimum absolute atomic E-state index is 0.00343. The normalized spacial score (nSPS) is 10.2. The summed E-state index contributed by atoms with van der Waals surface area (Å²) in [7, 11) is 0. The number of nitrogen functional groups attached to an aromatic ring is 1. The molecule has 0 aliphatic carbocycles. The van der Waals surface area contributed by atoms with Crippen molar-refractivity contribution in [2.75, 3.05) is 0 Å². The largest absolute Gasteiger partial charge is 0.384 e. The Labute approximate surface area is 92.6 Å². The minimum atomic E-state index is -0.911. The zero-order valence-corrected chi connectivity index (χ0v) is 9.06. The Morgan fingerprint density at radius 2 is 2.19 bits per heavy atom. The van der Waals surface area contributed by atoms with Gasteiger partial charge in [0.15, 0.2) is 0 Å². The first-order valence-electron chi connectivity index (χ1n) is 4.72. The summed E-state index contributed by atoms with van der Waals surface area (Å²) in [6.45, 7) is 3.91. The average molecular weight is 223 g/mol. The first-order valence-corrected chi connectivity index (χ1v) is 4.72. The maximum absolute atomic E-state index is 10.3. The van der Waals surface area contributed by atoms with E-state index < -0.39 is 5.09 Å². The number of hydrogen-bond acceptors (Lipinski definition) is 4. The Hall–Kier alpha value is -2.11. The van der Waals surface area contributed by atoms with Gasteiger partial charge in [-0.25, -0.2) is 0 Å². The first-order chi connectivity index (χ1) is 7.41. The van der Waals surface area contributed by atoms with Crippen LogP contribution in [0.3, 0.4) is 0 Å². The third-order valence-corrected chi connectivity index (χ3v) is 2.14. The lowest BCUT2D eigenvalue weighted by atomic mass is 10.0. The summed E-state index contributed by atoms with van der Waals surface area (Å²) in [5.41, 5.74) is 6.41. The maximum Gasteiger partial charge on any atom is 0.299 e. The molecule has 0 bridgehead atoms. The summed E-state index contributed by atoms with van der Waals surface area (Å²) in [5, 5.41) is 16.7. The van der Waals surface area contributed by atoms with E-state index in [2.05, 4.69) is 4.84 Å². The molecule has 0 radical (unpaired) electrons. The van der Waals surface area contributed by atoms with E-state index >= 15 is 0 Å². The van der Waals surface area contributed by atoms with Gasteiger partial charge in [0.2, 0.25) is 0 Å². The molecule has 0 spiro atoms. The summed E-state index contributed by atoms with van der Waals surface area (Å²) in [6, 6.07) is 4.86. The average Bonchev–Trinajstić information content (AvgIpc) is 2.15. The maximum atomic E-state index is 10.3. The van der Waals surface area contributed by atoms with E-state index in [1.165, 1.54) is 6.07 Å². The molecule has 0 saturated heterocycles. The molecule has 16 heavy (non-hydrogen) atoms. The molecule has 0 fully saturated rings. The molecule has 0 heterocycles. The highest BCUT2D eigenvalue weighted by atomic mass is 17.0. The Morgan fingerprint density at radius 3 is 2.62 bits per heavy atom. The van der Waals surface area contributed by atoms with Gasteiger partial charge in [0.1, 0.15) is 11.6 Å². The fourth-order valence-corrected chi connectivity index (χ4v) is 1.28. The second-order valence-electron chi connectivity index (χ2n) is 3.64. The monoisotopic (exact) mass is 223 g/mol. The van der Waals surface area contributed by atoms with Gasteiger partial charge < -0.3 is 5.73 Å². The lowest BCUT2D eigenvalue weighted by Gasteiger charge is -2.10. The van der Waals surface area contributed by atoms with Gasteiger partial charge >= 0.3 is 0 Å². The molecule has 6 heteroatoms. The highest BCUT2D eigenvalue weighted by Crippen LogP contribution is 2.24. The lowest BCUT2D eigenvalue weighted by Crippen LogP contribution is -2.15. The van der Waals surface area contributed by atoms with Gasteiger partial charge in [-0.2, -0.15) is 0 Å². The molecule has 0 aromatic heterocycles. The molecule has 6 nitrogen and oxygen atoms in total. The smallest absolute Gasteiger partial charge is 0.299 e. The molecule has 0 saturated carbocycles. The van der Waals surface area contributed by atoms with Crippen LogP contribution in [0.25, 0.3) is 0 Å². The standard InChI is InChI=1S/C10H13N3O3/c1-6(2)7-3-4-8(10(11)12)9(5-7)16-13(14)15/h3-6H,1-2H3,(H3,11,12). The topological polar surface area (TPSA) is 102 Å². The Morgan fingerprint density at radius 1 is 1.56 bits per heavy atom. The van der Waals surface area contributed by atoms with Gasteiger partial charge in [-0.05, 0) is 23.6 Å². The molecular formula is C10H13N3O3. The van der Waals surface area contributed by atoms with Crippen LogP contribution in [0.2, 0.25) is 0 Å². The summed E-state index contributed by atoms with van der Waals surface area (Å²) >= 11 is 0. The van der Waals surface area contributed by atoms with E-state index in [0.29, 0.717) is 0 Å². The van der Waals surface area contributed by atoms with Crippen LogP contribution in [0.15, 0.2) is 18.2 Å². The van der Waals surface area contributed by atoms with E-state index in [4.69, 9.17) is 11.1 Å². The van der Waals surface area contributed by atoms with Crippen molar-refractivity contribution in [1.82, 2.24) is 0 Å². The molecule has 0 atom stereocenters. The number of nitrogens with zero attached hydrogens (tertiary/aromatic N) is 1. The van der Waals surface area contributed by atoms with Crippen LogP contribution in [-0.4, -0.2) is 10.9 Å². The lowest BCUT2D eigenvalue weighted by molar-refractivity contribution is -0.711. The van der Waals surface area contributed by atoms with Crippen molar-refractivity contribution in [3.8, 4) is 5.75 Å². The third kappa shape index (κ3) is 2.69. The SMILES string of the molecule is CC(C)c1ccc(C(=N)N)c(O[N+](=O)[O-])c1. The highest BCUT2D eigenvalue weighted by molar-refractivity contribution is 5.97. The molecule has 0 aliphatic heterocycles. The predicted octanol–water partition coefficient (Wildman–Crippen LogP) is 1.66. The molecular weight excluding hydrogens is 210 g/mol. The molecule has 0 unspecified atom stereocenters. The van der Waals surface area contributed by atoms with Crippen molar-refractivity contribution < 1.29 is 9.92 Å². The molecule has 1 aromatic rings. The number of amidine groups is 1. The van der Waals surface area contributed by atoms with Crippen molar-refractivity contribution in [2.45, 2.75) is 19.8 Å². The number of nitrogens with two attached hydrogens (primary N) is 1. The fourth-order valence-electron chi connectivity index (χ4n) is 1.28. The molecule has 86 valence electrons. The molecule has 3 N–H and O–H groups in total. The molecule has 0 amide bonds. The zero-order valence-electron chi connectivity index (χ0n) is 9.06. The highest BCUT2D eigenvalue weighted by Gasteiger charge is 2.11. The van der Waals surface area contributed by atoms with Gasteiger partial charge in [-0.15, -0.1) is 10.1 Å². The van der Waals surface area contributed by atoms with Crippen molar-refractivity contribution in [3.63, 3.8) is 0 Å². The van der Waals surface area contributed by atoms with Crippen LogP contribution in [0.5, 0.6) is 5.75 Å². The minimum Gasteiger partial charge on any atom is -0.384 e. The third-order valence-electron chi connectivity index (χ3n) is 2.14. The van der Waals surface area contributed by atoms with Crippen molar-refractivity contribution >= 4 is 5.84 Å².